The number of phenolic OH excluding ortho intramolecular Hbond substituents is 1. The standard InChI is InChI=1S/C9H8N2O2/c1-6(12)11-8-2-3-9(13)7(4-8)5-10/h2-4,13H,1H3,(H,11,12). The van der Waals surface area contributed by atoms with Crippen LogP contribution in [0.2, 0.25) is 0 Å². The fourth-order valence-electron chi connectivity index (χ4n) is 0.907. The number of anilines is 1. The molecule has 0 fully saturated rings. The molecule has 1 aromatic carbocycles. The van der Waals surface area contributed by atoms with Crippen LogP contribution in [0.1, 0.15) is 12.5 Å². The SMILES string of the molecule is CC(=O)Nc1ccc(O)c(C#N)c1. The first-order valence-electron chi connectivity index (χ1n) is 3.64. The third kappa shape index (κ3) is 2.20. The van der Waals surface area contributed by atoms with E-state index < -0.39 is 0 Å². The summed E-state index contributed by atoms with van der Waals surface area (Å²) >= 11 is 0. The largest absolute Gasteiger partial charge is 0.507 e. The molecule has 0 spiro atoms. The van der Waals surface area contributed by atoms with E-state index in [9.17, 15) is 4.79 Å². The third-order valence-corrected chi connectivity index (χ3v) is 1.44. The maximum atomic E-state index is 10.6. The lowest BCUT2D eigenvalue weighted by Crippen LogP contribution is -2.05. The Morgan fingerprint density at radius 1 is 1.62 bits per heavy atom. The van der Waals surface area contributed by atoms with Crippen molar-refractivity contribution >= 4 is 11.6 Å². The Bertz CT molecular complexity index is 380. The molecule has 0 saturated heterocycles. The van der Waals surface area contributed by atoms with Gasteiger partial charge < -0.3 is 10.4 Å². The first-order chi connectivity index (χ1) is 6.13. The van der Waals surface area contributed by atoms with Gasteiger partial charge in [0.05, 0.1) is 5.56 Å². The lowest BCUT2D eigenvalue weighted by Gasteiger charge is -2.02. The number of amides is 1. The maximum absolute atomic E-state index is 10.6. The van der Waals surface area contributed by atoms with Gasteiger partial charge in [0.1, 0.15) is 11.8 Å². The van der Waals surface area contributed by atoms with Crippen molar-refractivity contribution in [2.24, 2.45) is 0 Å². The Morgan fingerprint density at radius 2 is 2.31 bits per heavy atom. The van der Waals surface area contributed by atoms with E-state index in [2.05, 4.69) is 5.32 Å². The summed E-state index contributed by atoms with van der Waals surface area (Å²) in [4.78, 5) is 10.6. The molecule has 0 aliphatic carbocycles. The molecule has 1 aromatic rings. The van der Waals surface area contributed by atoms with Gasteiger partial charge in [0, 0.05) is 12.6 Å². The van der Waals surface area contributed by atoms with Gasteiger partial charge in [-0.2, -0.15) is 5.26 Å². The number of nitrogens with zero attached hydrogens (tertiary/aromatic N) is 1. The molecule has 0 aliphatic rings. The van der Waals surface area contributed by atoms with Crippen LogP contribution in [0.3, 0.4) is 0 Å². The average Bonchev–Trinajstić information content (AvgIpc) is 2.07. The lowest BCUT2D eigenvalue weighted by atomic mass is 10.2. The van der Waals surface area contributed by atoms with Crippen molar-refractivity contribution in [3.63, 3.8) is 0 Å². The summed E-state index contributed by atoms with van der Waals surface area (Å²) < 4.78 is 0. The molecule has 0 radical (unpaired) electrons. The van der Waals surface area contributed by atoms with Crippen LogP contribution in [0.5, 0.6) is 5.75 Å². The minimum atomic E-state index is -0.213. The highest BCUT2D eigenvalue weighted by Gasteiger charge is 2.01. The van der Waals surface area contributed by atoms with Crippen molar-refractivity contribution in [2.45, 2.75) is 6.92 Å². The van der Waals surface area contributed by atoms with Gasteiger partial charge in [0.25, 0.3) is 0 Å². The van der Waals surface area contributed by atoms with Gasteiger partial charge in [-0.15, -0.1) is 0 Å². The highest BCUT2D eigenvalue weighted by atomic mass is 16.3. The Balaban J connectivity index is 3.01. The molecule has 0 saturated carbocycles. The molecule has 66 valence electrons. The number of hydrogen-bond acceptors (Lipinski definition) is 3. The van der Waals surface area contributed by atoms with E-state index in [-0.39, 0.29) is 17.2 Å². The molecule has 0 aliphatic heterocycles. The predicted molar refractivity (Wildman–Crippen MR) is 47.1 cm³/mol. The first kappa shape index (κ1) is 9.07. The molecule has 0 heterocycles. The van der Waals surface area contributed by atoms with Crippen LogP contribution in [-0.2, 0) is 4.79 Å². The Kier molecular flexibility index (Phi) is 2.50. The van der Waals surface area contributed by atoms with Crippen LogP contribution < -0.4 is 5.32 Å². The van der Waals surface area contributed by atoms with Crippen LogP contribution in [0.25, 0.3) is 0 Å². The molecule has 1 rings (SSSR count). The minimum absolute atomic E-state index is 0.0865. The van der Waals surface area contributed by atoms with Crippen molar-refractivity contribution in [1.82, 2.24) is 0 Å². The van der Waals surface area contributed by atoms with Crippen molar-refractivity contribution in [2.75, 3.05) is 5.32 Å². The van der Waals surface area contributed by atoms with Gasteiger partial charge in [0.2, 0.25) is 5.91 Å². The Morgan fingerprint density at radius 3 is 2.85 bits per heavy atom. The van der Waals surface area contributed by atoms with Crippen molar-refractivity contribution in [3.8, 4) is 11.8 Å². The molecule has 2 N–H and O–H groups in total. The van der Waals surface area contributed by atoms with Crippen molar-refractivity contribution < 1.29 is 9.90 Å². The average molecular weight is 176 g/mol. The number of hydrogen-bond donors (Lipinski definition) is 2. The third-order valence-electron chi connectivity index (χ3n) is 1.44. The summed E-state index contributed by atoms with van der Waals surface area (Å²) in [7, 11) is 0. The Labute approximate surface area is 75.4 Å². The number of carbonyl (C=O) groups is 1. The predicted octanol–water partition coefficient (Wildman–Crippen LogP) is 1.22. The molecule has 0 atom stereocenters. The maximum Gasteiger partial charge on any atom is 0.221 e. The second-order valence-corrected chi connectivity index (χ2v) is 2.52. The second kappa shape index (κ2) is 3.59. The smallest absolute Gasteiger partial charge is 0.221 e. The summed E-state index contributed by atoms with van der Waals surface area (Å²) in [6, 6.07) is 6.11. The van der Waals surface area contributed by atoms with E-state index in [4.69, 9.17) is 10.4 Å². The molecule has 4 nitrogen and oxygen atoms in total. The topological polar surface area (TPSA) is 73.1 Å². The monoisotopic (exact) mass is 176 g/mol. The number of benzene rings is 1. The van der Waals surface area contributed by atoms with E-state index in [1.165, 1.54) is 25.1 Å². The number of aromatic hydroxyl groups is 1. The van der Waals surface area contributed by atoms with Gasteiger partial charge in [-0.25, -0.2) is 0 Å². The number of nitrogens with one attached hydrogen (secondary N) is 1. The van der Waals surface area contributed by atoms with E-state index in [1.807, 2.05) is 6.07 Å². The zero-order valence-corrected chi connectivity index (χ0v) is 7.03. The molecular weight excluding hydrogens is 168 g/mol. The highest BCUT2D eigenvalue weighted by Crippen LogP contribution is 2.20. The van der Waals surface area contributed by atoms with Crippen LogP contribution in [0.4, 0.5) is 5.69 Å². The van der Waals surface area contributed by atoms with E-state index in [1.54, 1.807) is 0 Å². The van der Waals surface area contributed by atoms with Gasteiger partial charge in [-0.1, -0.05) is 0 Å². The summed E-state index contributed by atoms with van der Waals surface area (Å²) in [5.74, 6) is -0.300. The van der Waals surface area contributed by atoms with Gasteiger partial charge in [-0.05, 0) is 18.2 Å². The fourth-order valence-corrected chi connectivity index (χ4v) is 0.907. The van der Waals surface area contributed by atoms with E-state index in [0.717, 1.165) is 0 Å². The summed E-state index contributed by atoms with van der Waals surface area (Å²) in [5, 5.41) is 20.2. The molecule has 0 aromatic heterocycles. The van der Waals surface area contributed by atoms with Gasteiger partial charge in [0.15, 0.2) is 0 Å². The van der Waals surface area contributed by atoms with Crippen LogP contribution in [0, 0.1) is 11.3 Å². The second-order valence-electron chi connectivity index (χ2n) is 2.52. The zero-order valence-electron chi connectivity index (χ0n) is 7.03. The van der Waals surface area contributed by atoms with Crippen molar-refractivity contribution in [3.05, 3.63) is 23.8 Å². The summed E-state index contributed by atoms with van der Waals surface area (Å²) in [6.07, 6.45) is 0. The van der Waals surface area contributed by atoms with Crippen molar-refractivity contribution in [1.29, 1.82) is 5.26 Å². The molecular formula is C9H8N2O2. The van der Waals surface area contributed by atoms with Crippen LogP contribution in [0.15, 0.2) is 18.2 Å². The lowest BCUT2D eigenvalue weighted by molar-refractivity contribution is -0.114. The number of phenols is 1. The molecule has 13 heavy (non-hydrogen) atoms. The van der Waals surface area contributed by atoms with Crippen LogP contribution >= 0.6 is 0 Å². The number of rotatable bonds is 1. The van der Waals surface area contributed by atoms with Crippen LogP contribution in [-0.4, -0.2) is 11.0 Å². The molecule has 0 bridgehead atoms. The van der Waals surface area contributed by atoms with Gasteiger partial charge >= 0.3 is 0 Å². The van der Waals surface area contributed by atoms with E-state index >= 15 is 0 Å². The highest BCUT2D eigenvalue weighted by molar-refractivity contribution is 5.89. The molecule has 1 amide bonds. The first-order valence-corrected chi connectivity index (χ1v) is 3.64. The quantitative estimate of drug-likeness (QED) is 0.632. The fraction of sp³-hybridized carbons (Fsp3) is 0.111. The summed E-state index contributed by atoms with van der Waals surface area (Å²) in [5.41, 5.74) is 0.646. The normalized spacial score (nSPS) is 8.92. The van der Waals surface area contributed by atoms with E-state index in [0.29, 0.717) is 5.69 Å². The Hall–Kier alpha value is -2.02. The zero-order chi connectivity index (χ0) is 9.84. The number of carbonyl (C=O) groups excluding carboxylic acids is 1. The van der Waals surface area contributed by atoms with Gasteiger partial charge in [-0.3, -0.25) is 4.79 Å². The molecule has 0 unspecified atom stereocenters. The number of nitriles is 1. The molecule has 4 heteroatoms. The minimum Gasteiger partial charge on any atom is -0.507 e. The summed E-state index contributed by atoms with van der Waals surface area (Å²) in [6.45, 7) is 1.37.